The number of anilines is 1. The summed E-state index contributed by atoms with van der Waals surface area (Å²) in [5.74, 6) is 0.842. The summed E-state index contributed by atoms with van der Waals surface area (Å²) < 4.78 is 0. The summed E-state index contributed by atoms with van der Waals surface area (Å²) in [5.41, 5.74) is 0.989. The number of amides is 1. The standard InChI is InChI=1S/C17H28N4OS/c1-20-8-4-5-14(12-20)6-7-16(22)18-11-15-13-23-17(19-15)21-9-2-3-10-21/h13-14H,2-12H2,1H3,(H,18,22). The zero-order valence-electron chi connectivity index (χ0n) is 14.1. The average molecular weight is 337 g/mol. The first-order valence-electron chi connectivity index (χ1n) is 8.85. The molecule has 23 heavy (non-hydrogen) atoms. The fourth-order valence-corrected chi connectivity index (χ4v) is 4.43. The summed E-state index contributed by atoms with van der Waals surface area (Å²) in [6.45, 7) is 5.14. The second-order valence-electron chi connectivity index (χ2n) is 6.90. The molecule has 1 aromatic rings. The minimum atomic E-state index is 0.161. The minimum absolute atomic E-state index is 0.161. The first-order chi connectivity index (χ1) is 11.2. The van der Waals surface area contributed by atoms with Gasteiger partial charge in [0.1, 0.15) is 0 Å². The topological polar surface area (TPSA) is 48.5 Å². The summed E-state index contributed by atoms with van der Waals surface area (Å²) in [7, 11) is 2.17. The van der Waals surface area contributed by atoms with Gasteiger partial charge < -0.3 is 15.1 Å². The van der Waals surface area contributed by atoms with E-state index in [4.69, 9.17) is 0 Å². The van der Waals surface area contributed by atoms with Gasteiger partial charge in [-0.05, 0) is 51.6 Å². The molecule has 5 nitrogen and oxygen atoms in total. The van der Waals surface area contributed by atoms with E-state index < -0.39 is 0 Å². The Hall–Kier alpha value is -1.14. The fourth-order valence-electron chi connectivity index (χ4n) is 3.55. The van der Waals surface area contributed by atoms with Crippen LogP contribution in [-0.2, 0) is 11.3 Å². The van der Waals surface area contributed by atoms with Crippen LogP contribution < -0.4 is 10.2 Å². The largest absolute Gasteiger partial charge is 0.350 e. The number of likely N-dealkylation sites (tertiary alicyclic amines) is 1. The Balaban J connectivity index is 1.37. The van der Waals surface area contributed by atoms with E-state index in [2.05, 4.69) is 32.5 Å². The van der Waals surface area contributed by atoms with Gasteiger partial charge in [0.05, 0.1) is 12.2 Å². The molecule has 0 aliphatic carbocycles. The third-order valence-corrected chi connectivity index (χ3v) is 5.83. The second-order valence-corrected chi connectivity index (χ2v) is 7.74. The summed E-state index contributed by atoms with van der Waals surface area (Å²) in [4.78, 5) is 21.4. The van der Waals surface area contributed by atoms with Gasteiger partial charge in [0.25, 0.3) is 0 Å². The van der Waals surface area contributed by atoms with Gasteiger partial charge in [-0.15, -0.1) is 11.3 Å². The summed E-state index contributed by atoms with van der Waals surface area (Å²) in [6, 6.07) is 0. The molecule has 2 fully saturated rings. The van der Waals surface area contributed by atoms with Crippen LogP contribution in [0.25, 0.3) is 0 Å². The molecular weight excluding hydrogens is 308 g/mol. The number of carbonyl (C=O) groups is 1. The number of aromatic nitrogens is 1. The number of thiazole rings is 1. The highest BCUT2D eigenvalue weighted by Crippen LogP contribution is 2.24. The number of hydrogen-bond acceptors (Lipinski definition) is 5. The number of piperidine rings is 1. The Morgan fingerprint density at radius 2 is 2.17 bits per heavy atom. The molecule has 2 aliphatic rings. The lowest BCUT2D eigenvalue weighted by atomic mass is 9.93. The normalized spacial score (nSPS) is 22.5. The maximum absolute atomic E-state index is 12.0. The van der Waals surface area contributed by atoms with Gasteiger partial charge in [0, 0.05) is 31.4 Å². The second kappa shape index (κ2) is 8.11. The molecule has 0 saturated carbocycles. The Kier molecular flexibility index (Phi) is 5.89. The van der Waals surface area contributed by atoms with Crippen LogP contribution in [0.4, 0.5) is 5.13 Å². The highest BCUT2D eigenvalue weighted by Gasteiger charge is 2.18. The molecular formula is C17H28N4OS. The quantitative estimate of drug-likeness (QED) is 0.867. The Morgan fingerprint density at radius 3 is 2.96 bits per heavy atom. The van der Waals surface area contributed by atoms with E-state index in [0.29, 0.717) is 18.9 Å². The summed E-state index contributed by atoms with van der Waals surface area (Å²) in [5, 5.41) is 6.21. The Bertz CT molecular complexity index is 512. The summed E-state index contributed by atoms with van der Waals surface area (Å²) in [6.07, 6.45) is 6.71. The Labute approximate surface area is 143 Å². The number of hydrogen-bond donors (Lipinski definition) is 1. The van der Waals surface area contributed by atoms with Crippen molar-refractivity contribution in [1.29, 1.82) is 0 Å². The first-order valence-corrected chi connectivity index (χ1v) is 9.73. The third kappa shape index (κ3) is 4.91. The zero-order chi connectivity index (χ0) is 16.1. The molecule has 128 valence electrons. The SMILES string of the molecule is CN1CCCC(CCC(=O)NCc2csc(N3CCCC3)n2)C1. The van der Waals surface area contributed by atoms with Crippen molar-refractivity contribution in [2.45, 2.75) is 45.1 Å². The highest BCUT2D eigenvalue weighted by atomic mass is 32.1. The van der Waals surface area contributed by atoms with Gasteiger partial charge in [-0.1, -0.05) is 0 Å². The fraction of sp³-hybridized carbons (Fsp3) is 0.765. The molecule has 0 aromatic carbocycles. The van der Waals surface area contributed by atoms with E-state index in [1.54, 1.807) is 11.3 Å². The van der Waals surface area contributed by atoms with Crippen LogP contribution in [0.2, 0.25) is 0 Å². The first kappa shape index (κ1) is 16.7. The van der Waals surface area contributed by atoms with Gasteiger partial charge in [-0.3, -0.25) is 4.79 Å². The molecule has 1 aromatic heterocycles. The van der Waals surface area contributed by atoms with Crippen LogP contribution in [0.5, 0.6) is 0 Å². The molecule has 3 rings (SSSR count). The van der Waals surface area contributed by atoms with Gasteiger partial charge in [0.2, 0.25) is 5.91 Å². The van der Waals surface area contributed by atoms with Crippen LogP contribution >= 0.6 is 11.3 Å². The molecule has 2 aliphatic heterocycles. The van der Waals surface area contributed by atoms with Crippen molar-refractivity contribution in [3.05, 3.63) is 11.1 Å². The predicted molar refractivity (Wildman–Crippen MR) is 94.9 cm³/mol. The maximum atomic E-state index is 12.0. The summed E-state index contributed by atoms with van der Waals surface area (Å²) >= 11 is 1.69. The van der Waals surface area contributed by atoms with Crippen molar-refractivity contribution in [2.75, 3.05) is 38.1 Å². The van der Waals surface area contributed by atoms with Gasteiger partial charge >= 0.3 is 0 Å². The van der Waals surface area contributed by atoms with Gasteiger partial charge in [-0.2, -0.15) is 0 Å². The molecule has 1 N–H and O–H groups in total. The maximum Gasteiger partial charge on any atom is 0.220 e. The van der Waals surface area contributed by atoms with Crippen molar-refractivity contribution in [1.82, 2.24) is 15.2 Å². The van der Waals surface area contributed by atoms with Crippen LogP contribution in [0.15, 0.2) is 5.38 Å². The number of rotatable bonds is 6. The smallest absolute Gasteiger partial charge is 0.220 e. The van der Waals surface area contributed by atoms with E-state index in [9.17, 15) is 4.79 Å². The van der Waals surface area contributed by atoms with Crippen LogP contribution in [0, 0.1) is 5.92 Å². The van der Waals surface area contributed by atoms with Crippen molar-refractivity contribution >= 4 is 22.4 Å². The molecule has 0 bridgehead atoms. The number of nitrogens with zero attached hydrogens (tertiary/aromatic N) is 3. The molecule has 1 atom stereocenters. The molecule has 1 amide bonds. The molecule has 0 spiro atoms. The zero-order valence-corrected chi connectivity index (χ0v) is 14.9. The third-order valence-electron chi connectivity index (χ3n) is 4.88. The Morgan fingerprint density at radius 1 is 1.35 bits per heavy atom. The minimum Gasteiger partial charge on any atom is -0.350 e. The predicted octanol–water partition coefficient (Wildman–Crippen LogP) is 2.48. The van der Waals surface area contributed by atoms with Crippen LogP contribution in [0.3, 0.4) is 0 Å². The van der Waals surface area contributed by atoms with Crippen molar-refractivity contribution in [3.8, 4) is 0 Å². The van der Waals surface area contributed by atoms with Crippen molar-refractivity contribution in [2.24, 2.45) is 5.92 Å². The van der Waals surface area contributed by atoms with Crippen LogP contribution in [-0.4, -0.2) is 49.0 Å². The van der Waals surface area contributed by atoms with E-state index >= 15 is 0 Å². The van der Waals surface area contributed by atoms with Crippen molar-refractivity contribution in [3.63, 3.8) is 0 Å². The lowest BCUT2D eigenvalue weighted by Gasteiger charge is -2.29. The molecule has 6 heteroatoms. The monoisotopic (exact) mass is 336 g/mol. The number of nitrogens with one attached hydrogen (secondary N) is 1. The van der Waals surface area contributed by atoms with E-state index in [-0.39, 0.29) is 5.91 Å². The van der Waals surface area contributed by atoms with Crippen molar-refractivity contribution < 1.29 is 4.79 Å². The lowest BCUT2D eigenvalue weighted by molar-refractivity contribution is -0.121. The molecule has 3 heterocycles. The van der Waals surface area contributed by atoms with Gasteiger partial charge in [0.15, 0.2) is 5.13 Å². The lowest BCUT2D eigenvalue weighted by Crippen LogP contribution is -2.33. The van der Waals surface area contributed by atoms with E-state index in [0.717, 1.165) is 36.9 Å². The molecule has 1 unspecified atom stereocenters. The highest BCUT2D eigenvalue weighted by molar-refractivity contribution is 7.13. The van der Waals surface area contributed by atoms with Crippen LogP contribution in [0.1, 0.15) is 44.2 Å². The molecule has 2 saturated heterocycles. The average Bonchev–Trinajstić information content (AvgIpc) is 3.22. The van der Waals surface area contributed by atoms with E-state index in [1.807, 2.05) is 0 Å². The van der Waals surface area contributed by atoms with Gasteiger partial charge in [-0.25, -0.2) is 4.98 Å². The van der Waals surface area contributed by atoms with E-state index in [1.165, 1.54) is 32.2 Å². The molecule has 0 radical (unpaired) electrons. The number of carbonyl (C=O) groups excluding carboxylic acids is 1.